The maximum Gasteiger partial charge on any atom is 0.263 e. The Bertz CT molecular complexity index is 1600. The van der Waals surface area contributed by atoms with Crippen molar-refractivity contribution in [2.45, 2.75) is 43.1 Å². The minimum atomic E-state index is -0.126. The van der Waals surface area contributed by atoms with Crippen molar-refractivity contribution >= 4 is 39.0 Å². The summed E-state index contributed by atoms with van der Waals surface area (Å²) in [5, 5.41) is 1.37. The summed E-state index contributed by atoms with van der Waals surface area (Å²) in [7, 11) is 0. The van der Waals surface area contributed by atoms with Crippen LogP contribution in [0.1, 0.15) is 34.7 Å². The molecule has 0 fully saturated rings. The normalized spacial score (nSPS) is 13.6. The van der Waals surface area contributed by atoms with Gasteiger partial charge in [-0.15, -0.1) is 11.3 Å². The SMILES string of the molecule is O=c1c2c3c(sc2nc(SCc2cc(=O)n4ccccc4n2)n1Cc1ccco1)CCCC3. The number of hydrogen-bond acceptors (Lipinski definition) is 7. The molecule has 0 radical (unpaired) electrons. The van der Waals surface area contributed by atoms with Gasteiger partial charge in [0, 0.05) is 22.9 Å². The summed E-state index contributed by atoms with van der Waals surface area (Å²) < 4.78 is 8.74. The highest BCUT2D eigenvalue weighted by atomic mass is 32.2. The van der Waals surface area contributed by atoms with E-state index in [9.17, 15) is 9.59 Å². The van der Waals surface area contributed by atoms with Crippen molar-refractivity contribution < 1.29 is 4.42 Å². The molecule has 0 aromatic carbocycles. The summed E-state index contributed by atoms with van der Waals surface area (Å²) in [4.78, 5) is 37.7. The molecule has 0 saturated carbocycles. The van der Waals surface area contributed by atoms with Crippen molar-refractivity contribution in [2.75, 3.05) is 0 Å². The molecular formula is C24H20N4O3S2. The van der Waals surface area contributed by atoms with E-state index in [1.807, 2.05) is 24.3 Å². The van der Waals surface area contributed by atoms with Crippen molar-refractivity contribution in [3.63, 3.8) is 0 Å². The average Bonchev–Trinajstić information content (AvgIpc) is 3.47. The molecule has 7 nitrogen and oxygen atoms in total. The quantitative estimate of drug-likeness (QED) is 0.278. The first-order chi connectivity index (χ1) is 16.2. The van der Waals surface area contributed by atoms with E-state index in [0.29, 0.717) is 34.6 Å². The maximum absolute atomic E-state index is 13.7. The second kappa shape index (κ2) is 8.31. The molecule has 5 heterocycles. The number of aryl methyl sites for hydroxylation is 2. The van der Waals surface area contributed by atoms with Crippen molar-refractivity contribution in [1.82, 2.24) is 18.9 Å². The third-order valence-electron chi connectivity index (χ3n) is 5.91. The van der Waals surface area contributed by atoms with Crippen LogP contribution >= 0.6 is 23.1 Å². The summed E-state index contributed by atoms with van der Waals surface area (Å²) in [6, 6.07) is 10.7. The minimum absolute atomic E-state index is 0.0233. The van der Waals surface area contributed by atoms with E-state index in [-0.39, 0.29) is 11.1 Å². The average molecular weight is 477 g/mol. The van der Waals surface area contributed by atoms with Crippen LogP contribution in [0.5, 0.6) is 0 Å². The Morgan fingerprint density at radius 1 is 1.09 bits per heavy atom. The van der Waals surface area contributed by atoms with Crippen LogP contribution in [0.4, 0.5) is 0 Å². The van der Waals surface area contributed by atoms with Crippen molar-refractivity contribution in [3.8, 4) is 0 Å². The van der Waals surface area contributed by atoms with Crippen LogP contribution in [0.15, 0.2) is 68.0 Å². The number of pyridine rings is 1. The van der Waals surface area contributed by atoms with E-state index in [1.165, 1.54) is 32.7 Å². The van der Waals surface area contributed by atoms with Crippen LogP contribution in [0, 0.1) is 0 Å². The third kappa shape index (κ3) is 3.71. The van der Waals surface area contributed by atoms with Gasteiger partial charge in [-0.25, -0.2) is 9.97 Å². The number of rotatable bonds is 5. The fraction of sp³-hybridized carbons (Fsp3) is 0.250. The second-order valence-corrected chi connectivity index (χ2v) is 10.1. The number of aromatic nitrogens is 4. The smallest absolute Gasteiger partial charge is 0.263 e. The zero-order valence-corrected chi connectivity index (χ0v) is 19.3. The molecule has 0 unspecified atom stereocenters. The van der Waals surface area contributed by atoms with Gasteiger partial charge < -0.3 is 4.42 Å². The molecule has 1 aliphatic carbocycles. The van der Waals surface area contributed by atoms with Gasteiger partial charge in [-0.1, -0.05) is 17.8 Å². The second-order valence-electron chi connectivity index (χ2n) is 8.06. The third-order valence-corrected chi connectivity index (χ3v) is 8.10. The molecule has 5 aromatic rings. The molecule has 0 amide bonds. The summed E-state index contributed by atoms with van der Waals surface area (Å²) in [5.41, 5.74) is 2.28. The van der Waals surface area contributed by atoms with E-state index in [0.717, 1.165) is 35.9 Å². The molecule has 0 N–H and O–H groups in total. The molecule has 0 atom stereocenters. The van der Waals surface area contributed by atoms with Gasteiger partial charge in [0.25, 0.3) is 11.1 Å². The number of fused-ring (bicyclic) bond motifs is 4. The highest BCUT2D eigenvalue weighted by molar-refractivity contribution is 7.98. The fourth-order valence-corrected chi connectivity index (χ4v) is 6.54. The Morgan fingerprint density at radius 2 is 2.00 bits per heavy atom. The predicted octanol–water partition coefficient (Wildman–Crippen LogP) is 4.28. The molecule has 9 heteroatoms. The van der Waals surface area contributed by atoms with Crippen LogP contribution in [0.25, 0.3) is 15.9 Å². The Morgan fingerprint density at radius 3 is 2.88 bits per heavy atom. The van der Waals surface area contributed by atoms with Crippen molar-refractivity contribution in [1.29, 1.82) is 0 Å². The van der Waals surface area contributed by atoms with Gasteiger partial charge in [0.05, 0.1) is 23.9 Å². The molecule has 5 aromatic heterocycles. The lowest BCUT2D eigenvalue weighted by atomic mass is 9.97. The van der Waals surface area contributed by atoms with Gasteiger partial charge >= 0.3 is 0 Å². The maximum atomic E-state index is 13.7. The fourth-order valence-electron chi connectivity index (χ4n) is 4.34. The van der Waals surface area contributed by atoms with Crippen molar-refractivity contribution in [2.24, 2.45) is 0 Å². The van der Waals surface area contributed by atoms with Gasteiger partial charge in [-0.05, 0) is 55.5 Å². The number of furan rings is 1. The summed E-state index contributed by atoms with van der Waals surface area (Å²) >= 11 is 3.06. The lowest BCUT2D eigenvalue weighted by molar-refractivity contribution is 0.476. The summed E-state index contributed by atoms with van der Waals surface area (Å²) in [6.07, 6.45) is 7.53. The molecule has 0 aliphatic heterocycles. The molecule has 6 rings (SSSR count). The first kappa shape index (κ1) is 20.4. The molecule has 1 aliphatic rings. The van der Waals surface area contributed by atoms with Gasteiger partial charge in [0.15, 0.2) is 5.16 Å². The Balaban J connectivity index is 1.43. The van der Waals surface area contributed by atoms with E-state index >= 15 is 0 Å². The lowest BCUT2D eigenvalue weighted by Crippen LogP contribution is -2.24. The van der Waals surface area contributed by atoms with Gasteiger partial charge in [-0.3, -0.25) is 18.6 Å². The van der Waals surface area contributed by atoms with Crippen LogP contribution in [0.2, 0.25) is 0 Å². The van der Waals surface area contributed by atoms with Gasteiger partial charge in [-0.2, -0.15) is 0 Å². The van der Waals surface area contributed by atoms with Crippen LogP contribution < -0.4 is 11.1 Å². The first-order valence-corrected chi connectivity index (χ1v) is 12.7. The molecular weight excluding hydrogens is 456 g/mol. The number of thiophene rings is 1. The summed E-state index contributed by atoms with van der Waals surface area (Å²) in [6.45, 7) is 0.315. The molecule has 0 bridgehead atoms. The highest BCUT2D eigenvalue weighted by Crippen LogP contribution is 2.35. The minimum Gasteiger partial charge on any atom is -0.467 e. The van der Waals surface area contributed by atoms with Crippen LogP contribution in [0.3, 0.4) is 0 Å². The van der Waals surface area contributed by atoms with Crippen molar-refractivity contribution in [3.05, 3.63) is 91.5 Å². The lowest BCUT2D eigenvalue weighted by Gasteiger charge is -2.13. The van der Waals surface area contributed by atoms with Crippen LogP contribution in [-0.4, -0.2) is 18.9 Å². The topological polar surface area (TPSA) is 82.4 Å². The number of thioether (sulfide) groups is 1. The molecule has 0 saturated heterocycles. The van der Waals surface area contributed by atoms with E-state index in [1.54, 1.807) is 34.4 Å². The van der Waals surface area contributed by atoms with Gasteiger partial charge in [0.2, 0.25) is 0 Å². The zero-order chi connectivity index (χ0) is 22.4. The standard InChI is InChI=1S/C24H20N4O3S2/c29-20-12-15(25-19-9-3-4-10-27(19)20)14-32-24-26-22-21(17-7-1-2-8-18(17)33-22)23(30)28(24)13-16-6-5-11-31-16/h3-6,9-12H,1-2,7-8,13-14H2. The van der Waals surface area contributed by atoms with Gasteiger partial charge in [0.1, 0.15) is 16.2 Å². The molecule has 166 valence electrons. The zero-order valence-electron chi connectivity index (χ0n) is 17.7. The Labute approximate surface area is 196 Å². The van der Waals surface area contributed by atoms with E-state index < -0.39 is 0 Å². The van der Waals surface area contributed by atoms with Crippen LogP contribution in [-0.2, 0) is 25.1 Å². The van der Waals surface area contributed by atoms with E-state index in [2.05, 4.69) is 4.98 Å². The monoisotopic (exact) mass is 476 g/mol. The Kier molecular flexibility index (Phi) is 5.15. The molecule has 0 spiro atoms. The van der Waals surface area contributed by atoms with E-state index in [4.69, 9.17) is 9.40 Å². The predicted molar refractivity (Wildman–Crippen MR) is 129 cm³/mol. The summed E-state index contributed by atoms with van der Waals surface area (Å²) in [5.74, 6) is 1.13. The Hall–Kier alpha value is -3.17. The number of nitrogens with zero attached hydrogens (tertiary/aromatic N) is 4. The number of hydrogen-bond donors (Lipinski definition) is 0. The first-order valence-electron chi connectivity index (χ1n) is 10.8. The highest BCUT2D eigenvalue weighted by Gasteiger charge is 2.23. The molecule has 33 heavy (non-hydrogen) atoms. The largest absolute Gasteiger partial charge is 0.467 e.